The van der Waals surface area contributed by atoms with Crippen molar-refractivity contribution >= 4 is 34.7 Å². The van der Waals surface area contributed by atoms with E-state index in [1.54, 1.807) is 32.6 Å². The maximum atomic E-state index is 11.9. The van der Waals surface area contributed by atoms with E-state index in [1.807, 2.05) is 47.9 Å². The van der Waals surface area contributed by atoms with Crippen LogP contribution in [-0.2, 0) is 0 Å². The molecule has 0 unspecified atom stereocenters. The molecule has 0 aliphatic heterocycles. The molecule has 30 heavy (non-hydrogen) atoms. The van der Waals surface area contributed by atoms with Gasteiger partial charge >= 0.3 is 0 Å². The second kappa shape index (κ2) is 8.04. The molecule has 2 heterocycles. The van der Waals surface area contributed by atoms with Gasteiger partial charge in [0.25, 0.3) is 5.91 Å². The van der Waals surface area contributed by atoms with Crippen molar-refractivity contribution in [1.82, 2.24) is 19.7 Å². The van der Waals surface area contributed by atoms with Crippen molar-refractivity contribution in [2.45, 2.75) is 6.92 Å². The summed E-state index contributed by atoms with van der Waals surface area (Å²) in [5, 5.41) is 6.47. The summed E-state index contributed by atoms with van der Waals surface area (Å²) in [4.78, 5) is 20.9. The lowest BCUT2D eigenvalue weighted by Crippen LogP contribution is -2.18. The molecule has 0 aliphatic rings. The summed E-state index contributed by atoms with van der Waals surface area (Å²) >= 11 is 6.29. The number of nitrogens with one attached hydrogen (secondary N) is 2. The van der Waals surface area contributed by atoms with Crippen LogP contribution in [-0.4, -0.2) is 34.4 Å². The van der Waals surface area contributed by atoms with E-state index in [0.717, 1.165) is 22.5 Å². The average molecular weight is 422 g/mol. The van der Waals surface area contributed by atoms with Crippen LogP contribution in [0.1, 0.15) is 15.9 Å². The highest BCUT2D eigenvalue weighted by Gasteiger charge is 2.13. The Hall–Kier alpha value is -3.58. The number of methoxy groups -OCH3 is 1. The van der Waals surface area contributed by atoms with E-state index in [0.29, 0.717) is 27.8 Å². The van der Waals surface area contributed by atoms with Gasteiger partial charge in [0.05, 0.1) is 24.0 Å². The van der Waals surface area contributed by atoms with E-state index in [1.165, 1.54) is 0 Å². The molecule has 0 fully saturated rings. The first-order valence-electron chi connectivity index (χ1n) is 9.27. The van der Waals surface area contributed by atoms with E-state index in [-0.39, 0.29) is 5.91 Å². The fraction of sp³-hybridized carbons (Fsp3) is 0.136. The lowest BCUT2D eigenvalue weighted by molar-refractivity contribution is 0.0962. The van der Waals surface area contributed by atoms with Crippen molar-refractivity contribution in [3.8, 4) is 17.0 Å². The van der Waals surface area contributed by atoms with Gasteiger partial charge in [0.1, 0.15) is 5.75 Å². The van der Waals surface area contributed by atoms with Crippen molar-refractivity contribution in [1.29, 1.82) is 0 Å². The number of aromatic nitrogens is 3. The number of hydrogen-bond acceptors (Lipinski definition) is 5. The van der Waals surface area contributed by atoms with Gasteiger partial charge in [-0.25, -0.2) is 9.97 Å². The molecule has 4 aromatic rings. The lowest BCUT2D eigenvalue weighted by atomic mass is 10.1. The molecule has 0 radical (unpaired) electrons. The molecule has 1 amide bonds. The molecule has 0 atom stereocenters. The molecular formula is C22H20ClN5O2. The number of amides is 1. The maximum Gasteiger partial charge on any atom is 0.251 e. The number of aryl methyl sites for hydroxylation is 1. The zero-order valence-corrected chi connectivity index (χ0v) is 17.5. The Kier molecular flexibility index (Phi) is 5.29. The number of imidazole rings is 1. The van der Waals surface area contributed by atoms with Gasteiger partial charge in [-0.15, -0.1) is 0 Å². The molecule has 7 nitrogen and oxygen atoms in total. The van der Waals surface area contributed by atoms with Crippen LogP contribution in [0.3, 0.4) is 0 Å². The summed E-state index contributed by atoms with van der Waals surface area (Å²) in [5.74, 6) is 1.11. The molecule has 0 aliphatic carbocycles. The summed E-state index contributed by atoms with van der Waals surface area (Å²) in [7, 11) is 3.20. The lowest BCUT2D eigenvalue weighted by Gasteiger charge is -2.11. The highest BCUT2D eigenvalue weighted by atomic mass is 35.5. The van der Waals surface area contributed by atoms with Gasteiger partial charge in [-0.2, -0.15) is 0 Å². The third kappa shape index (κ3) is 3.55. The van der Waals surface area contributed by atoms with E-state index >= 15 is 0 Å². The van der Waals surface area contributed by atoms with Crippen molar-refractivity contribution in [3.05, 3.63) is 71.1 Å². The Labute approximate surface area is 178 Å². The van der Waals surface area contributed by atoms with Crippen molar-refractivity contribution in [2.75, 3.05) is 19.5 Å². The van der Waals surface area contributed by atoms with Crippen LogP contribution in [0.2, 0.25) is 5.02 Å². The van der Waals surface area contributed by atoms with Crippen molar-refractivity contribution in [2.24, 2.45) is 0 Å². The SMILES string of the molecule is CNC(=O)c1ccc(Nc2nccn3c(-c4ccc(OC)c(Cl)c4)cnc23)cc1C. The van der Waals surface area contributed by atoms with E-state index in [2.05, 4.69) is 20.6 Å². The molecule has 2 aromatic carbocycles. The Bertz CT molecular complexity index is 1250. The molecule has 0 spiro atoms. The number of fused-ring (bicyclic) bond motifs is 1. The van der Waals surface area contributed by atoms with Crippen LogP contribution < -0.4 is 15.4 Å². The highest BCUT2D eigenvalue weighted by Crippen LogP contribution is 2.31. The Morgan fingerprint density at radius 1 is 1.17 bits per heavy atom. The second-order valence-electron chi connectivity index (χ2n) is 6.70. The smallest absolute Gasteiger partial charge is 0.251 e. The fourth-order valence-corrected chi connectivity index (χ4v) is 3.57. The Balaban J connectivity index is 1.70. The number of anilines is 2. The second-order valence-corrected chi connectivity index (χ2v) is 7.10. The summed E-state index contributed by atoms with van der Waals surface area (Å²) in [6.07, 6.45) is 5.33. The predicted molar refractivity (Wildman–Crippen MR) is 118 cm³/mol. The molecule has 0 saturated carbocycles. The molecule has 152 valence electrons. The largest absolute Gasteiger partial charge is 0.495 e. The van der Waals surface area contributed by atoms with Crippen LogP contribution in [0, 0.1) is 6.92 Å². The normalized spacial score (nSPS) is 10.8. The summed E-state index contributed by atoms with van der Waals surface area (Å²) in [5.41, 5.74) is 4.78. The van der Waals surface area contributed by atoms with E-state index in [4.69, 9.17) is 16.3 Å². The molecule has 2 N–H and O–H groups in total. The van der Waals surface area contributed by atoms with Gasteiger partial charge in [0, 0.05) is 36.3 Å². The van der Waals surface area contributed by atoms with Crippen LogP contribution in [0.15, 0.2) is 55.0 Å². The summed E-state index contributed by atoms with van der Waals surface area (Å²) in [6.45, 7) is 1.89. The molecule has 8 heteroatoms. The van der Waals surface area contributed by atoms with Gasteiger partial charge in [-0.1, -0.05) is 11.6 Å². The summed E-state index contributed by atoms with van der Waals surface area (Å²) < 4.78 is 7.17. The number of halogens is 1. The van der Waals surface area contributed by atoms with Crippen LogP contribution in [0.4, 0.5) is 11.5 Å². The molecule has 0 saturated heterocycles. The topological polar surface area (TPSA) is 80.6 Å². The zero-order chi connectivity index (χ0) is 21.3. The molecule has 4 rings (SSSR count). The highest BCUT2D eigenvalue weighted by molar-refractivity contribution is 6.32. The fourth-order valence-electron chi connectivity index (χ4n) is 3.31. The standard InChI is InChI=1S/C22H20ClN5O2/c1-13-10-15(5-6-16(13)22(29)24-2)27-20-21-26-12-18(28(21)9-8-25-20)14-4-7-19(30-3)17(23)11-14/h4-12H,1-3H3,(H,24,29)(H,25,27). The van der Waals surface area contributed by atoms with Crippen molar-refractivity contribution < 1.29 is 9.53 Å². The number of nitrogens with zero attached hydrogens (tertiary/aromatic N) is 3. The van der Waals surface area contributed by atoms with E-state index in [9.17, 15) is 4.79 Å². The van der Waals surface area contributed by atoms with Gasteiger partial charge in [-0.05, 0) is 48.9 Å². The zero-order valence-electron chi connectivity index (χ0n) is 16.7. The maximum absolute atomic E-state index is 11.9. The number of benzene rings is 2. The number of carbonyl (C=O) groups is 1. The molecule has 2 aromatic heterocycles. The minimum Gasteiger partial charge on any atom is -0.495 e. The number of ether oxygens (including phenoxy) is 1. The van der Waals surface area contributed by atoms with Crippen LogP contribution in [0.5, 0.6) is 5.75 Å². The number of carbonyl (C=O) groups excluding carboxylic acids is 1. The third-order valence-corrected chi connectivity index (χ3v) is 5.13. The Morgan fingerprint density at radius 2 is 2.00 bits per heavy atom. The number of hydrogen-bond donors (Lipinski definition) is 2. The van der Waals surface area contributed by atoms with Crippen molar-refractivity contribution in [3.63, 3.8) is 0 Å². The first-order chi connectivity index (χ1) is 14.5. The van der Waals surface area contributed by atoms with E-state index < -0.39 is 0 Å². The minimum absolute atomic E-state index is 0.115. The van der Waals surface area contributed by atoms with Gasteiger partial charge < -0.3 is 15.4 Å². The monoisotopic (exact) mass is 421 g/mol. The quantitative estimate of drug-likeness (QED) is 0.497. The average Bonchev–Trinajstić information content (AvgIpc) is 3.18. The Morgan fingerprint density at radius 3 is 2.70 bits per heavy atom. The first kappa shape index (κ1) is 19.7. The molecular weight excluding hydrogens is 402 g/mol. The predicted octanol–water partition coefficient (Wildman–Crippen LogP) is 4.47. The molecule has 0 bridgehead atoms. The third-order valence-electron chi connectivity index (χ3n) is 4.84. The van der Waals surface area contributed by atoms with Gasteiger partial charge in [-0.3, -0.25) is 9.20 Å². The number of rotatable bonds is 5. The minimum atomic E-state index is -0.115. The summed E-state index contributed by atoms with van der Waals surface area (Å²) in [6, 6.07) is 11.1. The van der Waals surface area contributed by atoms with Crippen LogP contribution in [0.25, 0.3) is 16.9 Å². The van der Waals surface area contributed by atoms with Gasteiger partial charge in [0.15, 0.2) is 11.5 Å². The van der Waals surface area contributed by atoms with Gasteiger partial charge in [0.2, 0.25) is 0 Å². The van der Waals surface area contributed by atoms with Crippen LogP contribution >= 0.6 is 11.6 Å². The first-order valence-corrected chi connectivity index (χ1v) is 9.65.